The second-order valence-electron chi connectivity index (χ2n) is 5.33. The Bertz CT molecular complexity index is 407. The summed E-state index contributed by atoms with van der Waals surface area (Å²) in [5.74, 6) is 0.351. The van der Waals surface area contributed by atoms with Crippen molar-refractivity contribution in [3.8, 4) is 0 Å². The van der Waals surface area contributed by atoms with Crippen LogP contribution in [-0.2, 0) is 6.54 Å². The lowest BCUT2D eigenvalue weighted by Crippen LogP contribution is -2.40. The molecule has 1 atom stereocenters. The fraction of sp³-hybridized carbons (Fsp3) is 0.533. The molecular formula is C15H23FN2O. The van der Waals surface area contributed by atoms with E-state index in [1.807, 2.05) is 6.92 Å². The first-order valence-corrected chi connectivity index (χ1v) is 6.76. The molecule has 3 nitrogen and oxygen atoms in total. The number of urea groups is 1. The van der Waals surface area contributed by atoms with Crippen molar-refractivity contribution in [1.29, 1.82) is 0 Å². The molecule has 0 heterocycles. The molecule has 0 aliphatic heterocycles. The van der Waals surface area contributed by atoms with Crippen molar-refractivity contribution >= 4 is 6.03 Å². The molecule has 1 rings (SSSR count). The third-order valence-electron chi connectivity index (χ3n) is 2.90. The topological polar surface area (TPSA) is 41.1 Å². The molecule has 0 aliphatic carbocycles. The van der Waals surface area contributed by atoms with E-state index in [1.54, 1.807) is 12.1 Å². The lowest BCUT2D eigenvalue weighted by atomic mass is 10.0. The standard InChI is InChI=1S/C15H23FN2O/c1-11(2)7-8-12(3)18-15(19)17-10-13-5-4-6-14(16)9-13/h4-6,9,11-12H,7-8,10H2,1-3H3,(H2,17,18,19). The molecule has 4 heteroatoms. The number of nitrogens with one attached hydrogen (secondary N) is 2. The molecule has 0 aliphatic rings. The van der Waals surface area contributed by atoms with Crippen LogP contribution >= 0.6 is 0 Å². The van der Waals surface area contributed by atoms with Crippen molar-refractivity contribution in [3.63, 3.8) is 0 Å². The number of hydrogen-bond donors (Lipinski definition) is 2. The van der Waals surface area contributed by atoms with Gasteiger partial charge in [-0.3, -0.25) is 0 Å². The highest BCUT2D eigenvalue weighted by molar-refractivity contribution is 5.74. The van der Waals surface area contributed by atoms with E-state index in [1.165, 1.54) is 12.1 Å². The molecule has 0 bridgehead atoms. The predicted octanol–water partition coefficient (Wildman–Crippen LogP) is 3.45. The zero-order chi connectivity index (χ0) is 14.3. The van der Waals surface area contributed by atoms with E-state index < -0.39 is 0 Å². The maximum absolute atomic E-state index is 12.9. The highest BCUT2D eigenvalue weighted by Gasteiger charge is 2.07. The van der Waals surface area contributed by atoms with Crippen molar-refractivity contribution in [1.82, 2.24) is 10.6 Å². The molecule has 0 spiro atoms. The molecule has 106 valence electrons. The summed E-state index contributed by atoms with van der Waals surface area (Å²) in [5, 5.41) is 5.60. The van der Waals surface area contributed by atoms with Crippen LogP contribution in [0, 0.1) is 11.7 Å². The maximum Gasteiger partial charge on any atom is 0.315 e. The van der Waals surface area contributed by atoms with E-state index in [9.17, 15) is 9.18 Å². The molecule has 0 radical (unpaired) electrons. The first-order valence-electron chi connectivity index (χ1n) is 6.76. The summed E-state index contributed by atoms with van der Waals surface area (Å²) < 4.78 is 12.9. The molecule has 2 amide bonds. The van der Waals surface area contributed by atoms with Crippen LogP contribution in [0.4, 0.5) is 9.18 Å². The number of carbonyl (C=O) groups excluding carboxylic acids is 1. The molecule has 2 N–H and O–H groups in total. The summed E-state index contributed by atoms with van der Waals surface area (Å²) in [6, 6.07) is 6.16. The maximum atomic E-state index is 12.9. The first kappa shape index (κ1) is 15.5. The third kappa shape index (κ3) is 6.79. The van der Waals surface area contributed by atoms with Crippen LogP contribution in [0.5, 0.6) is 0 Å². The van der Waals surface area contributed by atoms with Gasteiger partial charge in [-0.25, -0.2) is 9.18 Å². The molecule has 0 aromatic heterocycles. The van der Waals surface area contributed by atoms with Gasteiger partial charge in [-0.2, -0.15) is 0 Å². The minimum Gasteiger partial charge on any atom is -0.336 e. The van der Waals surface area contributed by atoms with Gasteiger partial charge in [0, 0.05) is 12.6 Å². The largest absolute Gasteiger partial charge is 0.336 e. The molecule has 0 fully saturated rings. The molecule has 19 heavy (non-hydrogen) atoms. The Morgan fingerprint density at radius 2 is 2.00 bits per heavy atom. The summed E-state index contributed by atoms with van der Waals surface area (Å²) in [7, 11) is 0. The Labute approximate surface area is 114 Å². The summed E-state index contributed by atoms with van der Waals surface area (Å²) >= 11 is 0. The van der Waals surface area contributed by atoms with Crippen molar-refractivity contribution in [2.75, 3.05) is 0 Å². The zero-order valence-corrected chi connectivity index (χ0v) is 11.9. The number of carbonyl (C=O) groups is 1. The minimum atomic E-state index is -0.287. The Morgan fingerprint density at radius 1 is 1.26 bits per heavy atom. The van der Waals surface area contributed by atoms with Crippen LogP contribution in [0.2, 0.25) is 0 Å². The fourth-order valence-electron chi connectivity index (χ4n) is 1.76. The van der Waals surface area contributed by atoms with Crippen LogP contribution < -0.4 is 10.6 Å². The molecule has 1 aromatic rings. The van der Waals surface area contributed by atoms with Crippen LogP contribution in [0.3, 0.4) is 0 Å². The van der Waals surface area contributed by atoms with Crippen LogP contribution in [-0.4, -0.2) is 12.1 Å². The van der Waals surface area contributed by atoms with Crippen molar-refractivity contribution in [2.45, 2.75) is 46.2 Å². The van der Waals surface area contributed by atoms with E-state index in [4.69, 9.17) is 0 Å². The quantitative estimate of drug-likeness (QED) is 0.813. The number of amides is 2. The Morgan fingerprint density at radius 3 is 2.63 bits per heavy atom. The fourth-order valence-corrected chi connectivity index (χ4v) is 1.76. The molecule has 1 aromatic carbocycles. The molecule has 1 unspecified atom stereocenters. The van der Waals surface area contributed by atoms with Gasteiger partial charge in [0.15, 0.2) is 0 Å². The normalized spacial score (nSPS) is 12.3. The van der Waals surface area contributed by atoms with Crippen molar-refractivity contribution < 1.29 is 9.18 Å². The minimum absolute atomic E-state index is 0.148. The van der Waals surface area contributed by atoms with E-state index >= 15 is 0 Å². The SMILES string of the molecule is CC(C)CCC(C)NC(=O)NCc1cccc(F)c1. The van der Waals surface area contributed by atoms with Gasteiger partial charge in [0.05, 0.1) is 0 Å². The summed E-state index contributed by atoms with van der Waals surface area (Å²) in [6.45, 7) is 6.65. The number of rotatable bonds is 6. The van der Waals surface area contributed by atoms with Gasteiger partial charge < -0.3 is 10.6 Å². The lowest BCUT2D eigenvalue weighted by molar-refractivity contribution is 0.236. The second kappa shape index (κ2) is 7.77. The van der Waals surface area contributed by atoms with E-state index in [0.29, 0.717) is 12.5 Å². The summed E-state index contributed by atoms with van der Waals surface area (Å²) in [6.07, 6.45) is 2.05. The predicted molar refractivity (Wildman–Crippen MR) is 75.3 cm³/mol. The molecular weight excluding hydrogens is 243 g/mol. The lowest BCUT2D eigenvalue weighted by Gasteiger charge is -2.15. The smallest absolute Gasteiger partial charge is 0.315 e. The Balaban J connectivity index is 2.27. The number of hydrogen-bond acceptors (Lipinski definition) is 1. The average molecular weight is 266 g/mol. The van der Waals surface area contributed by atoms with Gasteiger partial charge in [-0.05, 0) is 43.4 Å². The zero-order valence-electron chi connectivity index (χ0n) is 11.9. The van der Waals surface area contributed by atoms with Gasteiger partial charge in [-0.1, -0.05) is 26.0 Å². The van der Waals surface area contributed by atoms with Crippen LogP contribution in [0.25, 0.3) is 0 Å². The highest BCUT2D eigenvalue weighted by Crippen LogP contribution is 2.06. The van der Waals surface area contributed by atoms with Gasteiger partial charge in [-0.15, -0.1) is 0 Å². The number of benzene rings is 1. The highest BCUT2D eigenvalue weighted by atomic mass is 19.1. The average Bonchev–Trinajstić information content (AvgIpc) is 2.34. The van der Waals surface area contributed by atoms with Crippen LogP contribution in [0.1, 0.15) is 39.2 Å². The monoisotopic (exact) mass is 266 g/mol. The van der Waals surface area contributed by atoms with E-state index in [2.05, 4.69) is 24.5 Å². The second-order valence-corrected chi connectivity index (χ2v) is 5.33. The molecule has 0 saturated heterocycles. The van der Waals surface area contributed by atoms with Crippen LogP contribution in [0.15, 0.2) is 24.3 Å². The summed E-state index contributed by atoms with van der Waals surface area (Å²) in [5.41, 5.74) is 0.755. The Kier molecular flexibility index (Phi) is 6.33. The van der Waals surface area contributed by atoms with Gasteiger partial charge in [0.25, 0.3) is 0 Å². The summed E-state index contributed by atoms with van der Waals surface area (Å²) in [4.78, 5) is 11.6. The molecule has 0 saturated carbocycles. The van der Waals surface area contributed by atoms with Gasteiger partial charge in [0.1, 0.15) is 5.82 Å². The van der Waals surface area contributed by atoms with Gasteiger partial charge in [0.2, 0.25) is 0 Å². The van der Waals surface area contributed by atoms with Crippen molar-refractivity contribution in [3.05, 3.63) is 35.6 Å². The van der Waals surface area contributed by atoms with E-state index in [0.717, 1.165) is 18.4 Å². The van der Waals surface area contributed by atoms with Gasteiger partial charge >= 0.3 is 6.03 Å². The van der Waals surface area contributed by atoms with E-state index in [-0.39, 0.29) is 17.9 Å². The number of halogens is 1. The third-order valence-corrected chi connectivity index (χ3v) is 2.90. The van der Waals surface area contributed by atoms with Crippen molar-refractivity contribution in [2.24, 2.45) is 5.92 Å². The Hall–Kier alpha value is -1.58. The first-order chi connectivity index (χ1) is 8.97.